The Kier molecular flexibility index (Phi) is 5.44. The van der Waals surface area contributed by atoms with E-state index in [9.17, 15) is 14.4 Å². The molecule has 1 aliphatic carbocycles. The van der Waals surface area contributed by atoms with Gasteiger partial charge in [0, 0.05) is 30.6 Å². The van der Waals surface area contributed by atoms with Crippen molar-refractivity contribution in [1.82, 2.24) is 20.3 Å². The van der Waals surface area contributed by atoms with Crippen molar-refractivity contribution < 1.29 is 19.1 Å². The largest absolute Gasteiger partial charge is 0.486 e. The standard InChI is InChI=1S/C27H23N5O4/c33-18-9-17-8-15(6-7-22(17)36-13-18)11-29-27(35)25-24-23(30-14-31-25)21(12-28-24)32-26(34)20-10-19(20)16-4-2-1-3-5-16/h1-8,12,14,19-20,28H,9-11,13H2,(H,29,35)(H,32,34)/t19-,20+/m1/s1. The summed E-state index contributed by atoms with van der Waals surface area (Å²) < 4.78 is 5.42. The molecule has 3 heterocycles. The highest BCUT2D eigenvalue weighted by Gasteiger charge is 2.44. The third kappa shape index (κ3) is 4.19. The molecule has 2 aromatic heterocycles. The van der Waals surface area contributed by atoms with Crippen molar-refractivity contribution in [2.45, 2.75) is 25.3 Å². The third-order valence-corrected chi connectivity index (χ3v) is 6.65. The number of aromatic nitrogens is 3. The molecule has 6 rings (SSSR count). The quantitative estimate of drug-likeness (QED) is 0.388. The van der Waals surface area contributed by atoms with E-state index in [-0.39, 0.29) is 48.3 Å². The molecule has 3 N–H and O–H groups in total. The molecule has 0 bridgehead atoms. The van der Waals surface area contributed by atoms with Gasteiger partial charge in [0.2, 0.25) is 5.91 Å². The molecule has 1 saturated carbocycles. The summed E-state index contributed by atoms with van der Waals surface area (Å²) in [6.07, 6.45) is 4.08. The van der Waals surface area contributed by atoms with Crippen molar-refractivity contribution >= 4 is 34.3 Å². The summed E-state index contributed by atoms with van der Waals surface area (Å²) >= 11 is 0. The zero-order valence-electron chi connectivity index (χ0n) is 19.3. The number of hydrogen-bond acceptors (Lipinski definition) is 6. The van der Waals surface area contributed by atoms with Gasteiger partial charge in [0.05, 0.1) is 11.2 Å². The molecule has 0 spiro atoms. The monoisotopic (exact) mass is 481 g/mol. The zero-order chi connectivity index (χ0) is 24.6. The number of fused-ring (bicyclic) bond motifs is 2. The van der Waals surface area contributed by atoms with E-state index in [0.717, 1.165) is 23.1 Å². The minimum Gasteiger partial charge on any atom is -0.486 e. The van der Waals surface area contributed by atoms with Gasteiger partial charge in [0.25, 0.3) is 5.91 Å². The van der Waals surface area contributed by atoms with Crippen molar-refractivity contribution in [2.75, 3.05) is 11.9 Å². The fourth-order valence-corrected chi connectivity index (χ4v) is 4.69. The Morgan fingerprint density at radius 1 is 1.11 bits per heavy atom. The normalized spacial score (nSPS) is 18.3. The predicted octanol–water partition coefficient (Wildman–Crippen LogP) is 3.13. The molecule has 1 aliphatic heterocycles. The number of nitrogens with one attached hydrogen (secondary N) is 3. The first-order valence-electron chi connectivity index (χ1n) is 11.8. The van der Waals surface area contributed by atoms with E-state index >= 15 is 0 Å². The summed E-state index contributed by atoms with van der Waals surface area (Å²) in [6.45, 7) is 0.359. The van der Waals surface area contributed by atoms with Gasteiger partial charge in [0.1, 0.15) is 24.2 Å². The molecule has 1 fully saturated rings. The van der Waals surface area contributed by atoms with Crippen LogP contribution in [0.2, 0.25) is 0 Å². The number of aromatic amines is 1. The maximum absolute atomic E-state index is 12.9. The number of H-pyrrole nitrogens is 1. The second kappa shape index (κ2) is 8.92. The Morgan fingerprint density at radius 3 is 2.83 bits per heavy atom. The summed E-state index contributed by atoms with van der Waals surface area (Å²) in [5, 5.41) is 5.82. The summed E-state index contributed by atoms with van der Waals surface area (Å²) in [6, 6.07) is 15.5. The summed E-state index contributed by atoms with van der Waals surface area (Å²) in [5.74, 6) is 0.422. The van der Waals surface area contributed by atoms with Crippen LogP contribution in [0.5, 0.6) is 5.75 Å². The van der Waals surface area contributed by atoms with Crippen molar-refractivity contribution in [3.8, 4) is 5.75 Å². The molecule has 180 valence electrons. The van der Waals surface area contributed by atoms with Crippen LogP contribution in [0.25, 0.3) is 11.0 Å². The number of hydrogen-bond donors (Lipinski definition) is 3. The maximum Gasteiger partial charge on any atom is 0.272 e. The number of carbonyl (C=O) groups is 3. The van der Waals surface area contributed by atoms with Gasteiger partial charge in [0.15, 0.2) is 11.5 Å². The number of amides is 2. The molecule has 2 aliphatic rings. The van der Waals surface area contributed by atoms with E-state index in [1.165, 1.54) is 6.33 Å². The average Bonchev–Trinajstić information content (AvgIpc) is 3.62. The number of Topliss-reactive ketones (excluding diaryl/α,β-unsaturated/α-hetero) is 1. The first-order valence-corrected chi connectivity index (χ1v) is 11.8. The van der Waals surface area contributed by atoms with Gasteiger partial charge in [-0.25, -0.2) is 9.97 Å². The number of ether oxygens (including phenoxy) is 1. The highest BCUT2D eigenvalue weighted by molar-refractivity contribution is 6.08. The third-order valence-electron chi connectivity index (χ3n) is 6.65. The number of anilines is 1. The topological polar surface area (TPSA) is 126 Å². The van der Waals surface area contributed by atoms with Crippen molar-refractivity contribution in [1.29, 1.82) is 0 Å². The van der Waals surface area contributed by atoms with E-state index < -0.39 is 0 Å². The molecule has 0 unspecified atom stereocenters. The van der Waals surface area contributed by atoms with Crippen molar-refractivity contribution in [2.24, 2.45) is 5.92 Å². The van der Waals surface area contributed by atoms with Crippen LogP contribution in [-0.4, -0.2) is 39.2 Å². The summed E-state index contributed by atoms with van der Waals surface area (Å²) in [5.41, 5.74) is 4.46. The molecule has 0 saturated heterocycles. The molecule has 9 heteroatoms. The lowest BCUT2D eigenvalue weighted by Crippen LogP contribution is -2.25. The lowest BCUT2D eigenvalue weighted by Gasteiger charge is -2.17. The van der Waals surface area contributed by atoms with Gasteiger partial charge >= 0.3 is 0 Å². The van der Waals surface area contributed by atoms with Gasteiger partial charge in [-0.15, -0.1) is 0 Å². The summed E-state index contributed by atoms with van der Waals surface area (Å²) in [4.78, 5) is 48.9. The van der Waals surface area contributed by atoms with Crippen LogP contribution in [0.15, 0.2) is 61.1 Å². The van der Waals surface area contributed by atoms with Crippen LogP contribution in [0.1, 0.15) is 39.5 Å². The maximum atomic E-state index is 12.9. The highest BCUT2D eigenvalue weighted by Crippen LogP contribution is 2.48. The Bertz CT molecular complexity index is 1500. The van der Waals surface area contributed by atoms with E-state index in [1.807, 2.05) is 48.5 Å². The van der Waals surface area contributed by atoms with Crippen LogP contribution in [0.4, 0.5) is 5.69 Å². The second-order valence-corrected chi connectivity index (χ2v) is 9.13. The van der Waals surface area contributed by atoms with Gasteiger partial charge in [-0.1, -0.05) is 36.4 Å². The van der Waals surface area contributed by atoms with Gasteiger partial charge < -0.3 is 20.4 Å². The fourth-order valence-electron chi connectivity index (χ4n) is 4.69. The molecule has 9 nitrogen and oxygen atoms in total. The second-order valence-electron chi connectivity index (χ2n) is 9.13. The minimum atomic E-state index is -0.376. The molecular weight excluding hydrogens is 458 g/mol. The Labute approximate surface area is 206 Å². The zero-order valence-corrected chi connectivity index (χ0v) is 19.3. The molecule has 4 aromatic rings. The number of ketones is 1. The Morgan fingerprint density at radius 2 is 1.97 bits per heavy atom. The van der Waals surface area contributed by atoms with E-state index in [1.54, 1.807) is 6.20 Å². The molecule has 2 amide bonds. The first kappa shape index (κ1) is 22.0. The molecule has 2 aromatic carbocycles. The lowest BCUT2D eigenvalue weighted by molar-refractivity contribution is -0.121. The van der Waals surface area contributed by atoms with Crippen LogP contribution >= 0.6 is 0 Å². The smallest absolute Gasteiger partial charge is 0.272 e. The van der Waals surface area contributed by atoms with Gasteiger partial charge in [-0.2, -0.15) is 0 Å². The van der Waals surface area contributed by atoms with Crippen LogP contribution < -0.4 is 15.4 Å². The number of benzene rings is 2. The molecule has 36 heavy (non-hydrogen) atoms. The van der Waals surface area contributed by atoms with E-state index in [0.29, 0.717) is 28.9 Å². The van der Waals surface area contributed by atoms with Crippen LogP contribution in [-0.2, 0) is 22.6 Å². The van der Waals surface area contributed by atoms with Crippen molar-refractivity contribution in [3.05, 3.63) is 83.4 Å². The fraction of sp³-hybridized carbons (Fsp3) is 0.222. The number of carbonyl (C=O) groups excluding carboxylic acids is 3. The van der Waals surface area contributed by atoms with E-state index in [2.05, 4.69) is 25.6 Å². The number of nitrogens with zero attached hydrogens (tertiary/aromatic N) is 2. The SMILES string of the molecule is O=C1COc2ccc(CNC(=O)c3ncnc4c(NC(=O)[C@H]5C[C@@H]5c5ccccc5)c[nH]c34)cc2C1. The van der Waals surface area contributed by atoms with Crippen LogP contribution in [0.3, 0.4) is 0 Å². The highest BCUT2D eigenvalue weighted by atomic mass is 16.5. The predicted molar refractivity (Wildman–Crippen MR) is 132 cm³/mol. The van der Waals surface area contributed by atoms with Gasteiger partial charge in [-0.05, 0) is 35.6 Å². The molecule has 2 atom stereocenters. The lowest BCUT2D eigenvalue weighted by atomic mass is 10.0. The van der Waals surface area contributed by atoms with E-state index in [4.69, 9.17) is 4.74 Å². The summed E-state index contributed by atoms with van der Waals surface area (Å²) in [7, 11) is 0. The Balaban J connectivity index is 1.14. The van der Waals surface area contributed by atoms with Crippen LogP contribution in [0, 0.1) is 5.92 Å². The minimum absolute atomic E-state index is 0.0268. The molecule has 0 radical (unpaired) electrons. The average molecular weight is 482 g/mol. The first-order chi connectivity index (χ1) is 17.6. The number of rotatable bonds is 6. The molecular formula is C27H23N5O4. The van der Waals surface area contributed by atoms with Crippen molar-refractivity contribution in [3.63, 3.8) is 0 Å². The van der Waals surface area contributed by atoms with Gasteiger partial charge in [-0.3, -0.25) is 14.4 Å². The Hall–Kier alpha value is -4.53.